The topological polar surface area (TPSA) is 32.3 Å². The van der Waals surface area contributed by atoms with Gasteiger partial charge in [-0.3, -0.25) is 0 Å². The molecule has 1 aromatic rings. The normalized spacial score (nSPS) is 28.5. The van der Waals surface area contributed by atoms with Crippen LogP contribution < -0.4 is 5.32 Å². The molecule has 1 fully saturated rings. The van der Waals surface area contributed by atoms with E-state index < -0.39 is 5.60 Å². The van der Waals surface area contributed by atoms with Crippen LogP contribution in [0.4, 0.5) is 5.69 Å². The van der Waals surface area contributed by atoms with Crippen molar-refractivity contribution in [2.24, 2.45) is 5.41 Å². The van der Waals surface area contributed by atoms with Gasteiger partial charge in [0.2, 0.25) is 0 Å². The summed E-state index contributed by atoms with van der Waals surface area (Å²) in [6, 6.07) is 8.62. The molecule has 18 heavy (non-hydrogen) atoms. The van der Waals surface area contributed by atoms with Gasteiger partial charge in [-0.1, -0.05) is 32.0 Å². The fourth-order valence-electron chi connectivity index (χ4n) is 3.33. The molecule has 1 heterocycles. The van der Waals surface area contributed by atoms with Crippen LogP contribution in [-0.2, 0) is 6.42 Å². The molecule has 1 aliphatic carbocycles. The van der Waals surface area contributed by atoms with Crippen molar-refractivity contribution in [3.05, 3.63) is 29.8 Å². The second kappa shape index (κ2) is 3.99. The molecule has 0 bridgehead atoms. The highest BCUT2D eigenvalue weighted by molar-refractivity contribution is 5.57. The molecule has 1 atom stereocenters. The van der Waals surface area contributed by atoms with Crippen molar-refractivity contribution in [2.75, 3.05) is 5.32 Å². The summed E-state index contributed by atoms with van der Waals surface area (Å²) >= 11 is 0. The molecular weight excluding hydrogens is 222 g/mol. The quantitative estimate of drug-likeness (QED) is 0.795. The van der Waals surface area contributed by atoms with Crippen molar-refractivity contribution >= 4 is 5.69 Å². The fraction of sp³-hybridized carbons (Fsp3) is 0.625. The van der Waals surface area contributed by atoms with E-state index in [1.165, 1.54) is 11.3 Å². The minimum Gasteiger partial charge on any atom is -0.388 e. The first-order valence-corrected chi connectivity index (χ1v) is 7.05. The SMILES string of the molecule is CC1(C)CCC(O)(C2Cc3ccccc3N2)CC1. The largest absolute Gasteiger partial charge is 0.388 e. The maximum atomic E-state index is 10.9. The van der Waals surface area contributed by atoms with Crippen LogP contribution in [0.25, 0.3) is 0 Å². The summed E-state index contributed by atoms with van der Waals surface area (Å²) in [5, 5.41) is 14.4. The molecule has 1 aliphatic heterocycles. The van der Waals surface area contributed by atoms with E-state index in [4.69, 9.17) is 0 Å². The summed E-state index contributed by atoms with van der Waals surface area (Å²) in [6.45, 7) is 4.62. The minimum atomic E-state index is -0.519. The predicted molar refractivity (Wildman–Crippen MR) is 74.8 cm³/mol. The molecule has 1 unspecified atom stereocenters. The number of hydrogen-bond donors (Lipinski definition) is 2. The maximum absolute atomic E-state index is 10.9. The average Bonchev–Trinajstić information content (AvgIpc) is 2.78. The van der Waals surface area contributed by atoms with Crippen LogP contribution in [0, 0.1) is 5.41 Å². The van der Waals surface area contributed by atoms with E-state index in [0.29, 0.717) is 5.41 Å². The van der Waals surface area contributed by atoms with Crippen molar-refractivity contribution in [1.29, 1.82) is 0 Å². The van der Waals surface area contributed by atoms with E-state index in [1.54, 1.807) is 0 Å². The molecule has 2 heteroatoms. The minimum absolute atomic E-state index is 0.200. The van der Waals surface area contributed by atoms with Crippen molar-refractivity contribution in [1.82, 2.24) is 0 Å². The number of nitrogens with one attached hydrogen (secondary N) is 1. The van der Waals surface area contributed by atoms with Crippen LogP contribution in [0.5, 0.6) is 0 Å². The Bertz CT molecular complexity index is 417. The number of hydrogen-bond acceptors (Lipinski definition) is 2. The lowest BCUT2D eigenvalue weighted by atomic mass is 9.68. The summed E-state index contributed by atoms with van der Waals surface area (Å²) in [6.07, 6.45) is 5.06. The van der Waals surface area contributed by atoms with Crippen LogP contribution in [0.15, 0.2) is 24.3 Å². The number of benzene rings is 1. The molecule has 0 aromatic heterocycles. The van der Waals surface area contributed by atoms with E-state index in [2.05, 4.69) is 43.4 Å². The smallest absolute Gasteiger partial charge is 0.0851 e. The summed E-state index contributed by atoms with van der Waals surface area (Å²) in [5.74, 6) is 0. The zero-order valence-corrected chi connectivity index (χ0v) is 11.4. The highest BCUT2D eigenvalue weighted by Gasteiger charge is 2.44. The van der Waals surface area contributed by atoms with Gasteiger partial charge in [-0.05, 0) is 49.1 Å². The van der Waals surface area contributed by atoms with Crippen molar-refractivity contribution in [3.8, 4) is 0 Å². The first-order chi connectivity index (χ1) is 8.49. The van der Waals surface area contributed by atoms with E-state index in [0.717, 1.165) is 32.1 Å². The molecule has 0 spiro atoms. The number of anilines is 1. The second-order valence-corrected chi connectivity index (χ2v) is 6.83. The number of para-hydroxylation sites is 1. The van der Waals surface area contributed by atoms with Gasteiger partial charge >= 0.3 is 0 Å². The van der Waals surface area contributed by atoms with Crippen LogP contribution in [0.3, 0.4) is 0 Å². The lowest BCUT2D eigenvalue weighted by Gasteiger charge is -2.43. The first-order valence-electron chi connectivity index (χ1n) is 7.05. The third-order valence-electron chi connectivity index (χ3n) is 4.89. The summed E-state index contributed by atoms with van der Waals surface area (Å²) < 4.78 is 0. The van der Waals surface area contributed by atoms with Gasteiger partial charge in [0.1, 0.15) is 0 Å². The summed E-state index contributed by atoms with van der Waals surface area (Å²) in [7, 11) is 0. The van der Waals surface area contributed by atoms with Crippen LogP contribution >= 0.6 is 0 Å². The molecule has 3 rings (SSSR count). The fourth-order valence-corrected chi connectivity index (χ4v) is 3.33. The Kier molecular flexibility index (Phi) is 2.67. The highest BCUT2D eigenvalue weighted by atomic mass is 16.3. The van der Waals surface area contributed by atoms with Crippen molar-refractivity contribution in [2.45, 2.75) is 57.6 Å². The van der Waals surface area contributed by atoms with Crippen LogP contribution in [0.1, 0.15) is 45.1 Å². The molecule has 2 N–H and O–H groups in total. The van der Waals surface area contributed by atoms with Crippen molar-refractivity contribution < 1.29 is 5.11 Å². The Morgan fingerprint density at radius 2 is 1.78 bits per heavy atom. The molecule has 0 radical (unpaired) electrons. The Morgan fingerprint density at radius 1 is 1.11 bits per heavy atom. The van der Waals surface area contributed by atoms with Gasteiger partial charge in [-0.15, -0.1) is 0 Å². The van der Waals surface area contributed by atoms with Gasteiger partial charge < -0.3 is 10.4 Å². The standard InChI is InChI=1S/C16H23NO/c1-15(2)7-9-16(18,10-8-15)14-11-12-5-3-4-6-13(12)17-14/h3-6,14,17-18H,7-11H2,1-2H3. The Morgan fingerprint density at radius 3 is 2.44 bits per heavy atom. The number of fused-ring (bicyclic) bond motifs is 1. The van der Waals surface area contributed by atoms with Crippen LogP contribution in [0.2, 0.25) is 0 Å². The van der Waals surface area contributed by atoms with E-state index in [9.17, 15) is 5.11 Å². The summed E-state index contributed by atoms with van der Waals surface area (Å²) in [4.78, 5) is 0. The number of aliphatic hydroxyl groups is 1. The zero-order chi connectivity index (χ0) is 12.8. The lowest BCUT2D eigenvalue weighted by molar-refractivity contribution is -0.0386. The lowest BCUT2D eigenvalue weighted by Crippen LogP contribution is -2.49. The molecular formula is C16H23NO. The first kappa shape index (κ1) is 12.0. The van der Waals surface area contributed by atoms with Gasteiger partial charge in [-0.25, -0.2) is 0 Å². The van der Waals surface area contributed by atoms with Crippen molar-refractivity contribution in [3.63, 3.8) is 0 Å². The predicted octanol–water partition coefficient (Wildman–Crippen LogP) is 3.35. The Hall–Kier alpha value is -1.02. The molecule has 1 saturated carbocycles. The second-order valence-electron chi connectivity index (χ2n) is 6.83. The third kappa shape index (κ3) is 2.03. The highest BCUT2D eigenvalue weighted by Crippen LogP contribution is 2.44. The molecule has 98 valence electrons. The molecule has 1 aromatic carbocycles. The Labute approximate surface area is 109 Å². The van der Waals surface area contributed by atoms with Crippen LogP contribution in [-0.4, -0.2) is 16.7 Å². The third-order valence-corrected chi connectivity index (χ3v) is 4.89. The average molecular weight is 245 g/mol. The van der Waals surface area contributed by atoms with E-state index >= 15 is 0 Å². The Balaban J connectivity index is 1.74. The summed E-state index contributed by atoms with van der Waals surface area (Å²) in [5.41, 5.74) is 2.44. The van der Waals surface area contributed by atoms with Gasteiger partial charge in [0.05, 0.1) is 11.6 Å². The number of rotatable bonds is 1. The van der Waals surface area contributed by atoms with Gasteiger partial charge in [0, 0.05) is 5.69 Å². The molecule has 0 saturated heterocycles. The molecule has 0 amide bonds. The molecule has 2 nitrogen and oxygen atoms in total. The zero-order valence-electron chi connectivity index (χ0n) is 11.4. The monoisotopic (exact) mass is 245 g/mol. The molecule has 2 aliphatic rings. The van der Waals surface area contributed by atoms with Gasteiger partial charge in [0.25, 0.3) is 0 Å². The van der Waals surface area contributed by atoms with Gasteiger partial charge in [-0.2, -0.15) is 0 Å². The van der Waals surface area contributed by atoms with E-state index in [-0.39, 0.29) is 6.04 Å². The maximum Gasteiger partial charge on any atom is 0.0851 e. The van der Waals surface area contributed by atoms with E-state index in [1.807, 2.05) is 0 Å². The van der Waals surface area contributed by atoms with Gasteiger partial charge in [0.15, 0.2) is 0 Å².